The van der Waals surface area contributed by atoms with E-state index in [1.807, 2.05) is 0 Å². The summed E-state index contributed by atoms with van der Waals surface area (Å²) < 4.78 is 134. The zero-order valence-electron chi connectivity index (χ0n) is 20.6. The molecule has 0 unspecified atom stereocenters. The SMILES string of the molecule is C[C@@H]1[C@H](F)C[C@H](C(=O)NCc2cc(-c3cnc(C(F)(F)F)nc3)ncc2C(F)(F)F)N1S(=O)(=O)c1ccc(F)cn1. The van der Waals surface area contributed by atoms with Crippen LogP contribution in [0.3, 0.4) is 0 Å². The molecule has 1 saturated heterocycles. The van der Waals surface area contributed by atoms with Crippen LogP contribution in [0.25, 0.3) is 11.3 Å². The Morgan fingerprint density at radius 3 is 2.22 bits per heavy atom. The van der Waals surface area contributed by atoms with Gasteiger partial charge in [-0.2, -0.15) is 30.6 Å². The van der Waals surface area contributed by atoms with E-state index >= 15 is 0 Å². The van der Waals surface area contributed by atoms with Crippen LogP contribution in [0.1, 0.15) is 30.3 Å². The molecule has 0 bridgehead atoms. The summed E-state index contributed by atoms with van der Waals surface area (Å²) in [5, 5.41) is 1.49. The average molecular weight is 610 g/mol. The molecule has 1 amide bonds. The fourth-order valence-corrected chi connectivity index (χ4v) is 5.88. The molecule has 4 heterocycles. The number of alkyl halides is 7. The molecule has 0 aromatic carbocycles. The van der Waals surface area contributed by atoms with Gasteiger partial charge in [-0.3, -0.25) is 9.78 Å². The Balaban J connectivity index is 1.61. The Morgan fingerprint density at radius 2 is 1.66 bits per heavy atom. The molecule has 1 fully saturated rings. The molecule has 9 nitrogen and oxygen atoms in total. The number of amides is 1. The molecule has 3 aromatic rings. The molecule has 1 N–H and O–H groups in total. The number of nitrogens with one attached hydrogen (secondary N) is 1. The first-order chi connectivity index (χ1) is 19.0. The number of sulfonamides is 1. The predicted molar refractivity (Wildman–Crippen MR) is 123 cm³/mol. The topological polar surface area (TPSA) is 118 Å². The largest absolute Gasteiger partial charge is 0.451 e. The molecular weight excluding hydrogens is 592 g/mol. The molecule has 220 valence electrons. The highest BCUT2D eigenvalue weighted by Crippen LogP contribution is 2.35. The summed E-state index contributed by atoms with van der Waals surface area (Å²) in [5.41, 5.74) is -2.28. The third kappa shape index (κ3) is 6.27. The van der Waals surface area contributed by atoms with Crippen LogP contribution in [0, 0.1) is 5.82 Å². The Labute approximate surface area is 226 Å². The van der Waals surface area contributed by atoms with E-state index in [1.54, 1.807) is 0 Å². The first-order valence-electron chi connectivity index (χ1n) is 11.5. The van der Waals surface area contributed by atoms with Crippen LogP contribution >= 0.6 is 0 Å². The third-order valence-corrected chi connectivity index (χ3v) is 8.09. The van der Waals surface area contributed by atoms with Crippen molar-refractivity contribution in [3.05, 3.63) is 65.8 Å². The van der Waals surface area contributed by atoms with Crippen LogP contribution in [0.2, 0.25) is 0 Å². The van der Waals surface area contributed by atoms with E-state index in [9.17, 15) is 48.3 Å². The van der Waals surface area contributed by atoms with E-state index in [-0.39, 0.29) is 11.3 Å². The van der Waals surface area contributed by atoms with Crippen molar-refractivity contribution in [3.63, 3.8) is 0 Å². The Hall–Kier alpha value is -3.80. The fourth-order valence-electron chi connectivity index (χ4n) is 4.15. The van der Waals surface area contributed by atoms with Crippen LogP contribution in [-0.4, -0.2) is 56.8 Å². The van der Waals surface area contributed by atoms with Gasteiger partial charge in [0, 0.05) is 37.1 Å². The number of nitrogens with zero attached hydrogens (tertiary/aromatic N) is 5. The van der Waals surface area contributed by atoms with Crippen molar-refractivity contribution in [3.8, 4) is 11.3 Å². The smallest absolute Gasteiger partial charge is 0.351 e. The van der Waals surface area contributed by atoms with Crippen molar-refractivity contribution in [1.82, 2.24) is 29.6 Å². The van der Waals surface area contributed by atoms with Gasteiger partial charge >= 0.3 is 12.4 Å². The molecule has 0 saturated carbocycles. The maximum atomic E-state index is 14.6. The molecule has 41 heavy (non-hydrogen) atoms. The monoisotopic (exact) mass is 610 g/mol. The Kier molecular flexibility index (Phi) is 8.01. The van der Waals surface area contributed by atoms with Crippen molar-refractivity contribution >= 4 is 15.9 Å². The molecule has 1 aliphatic heterocycles. The lowest BCUT2D eigenvalue weighted by atomic mass is 10.1. The molecule has 1 aliphatic rings. The van der Waals surface area contributed by atoms with Gasteiger partial charge in [0.2, 0.25) is 11.7 Å². The van der Waals surface area contributed by atoms with Gasteiger partial charge in [-0.25, -0.2) is 32.2 Å². The van der Waals surface area contributed by atoms with Gasteiger partial charge in [0.1, 0.15) is 18.0 Å². The zero-order valence-corrected chi connectivity index (χ0v) is 21.4. The molecule has 18 heteroatoms. The summed E-state index contributed by atoms with van der Waals surface area (Å²) >= 11 is 0. The summed E-state index contributed by atoms with van der Waals surface area (Å²) in [5.74, 6) is -3.46. The van der Waals surface area contributed by atoms with Gasteiger partial charge < -0.3 is 5.32 Å². The van der Waals surface area contributed by atoms with Gasteiger partial charge in [-0.1, -0.05) is 0 Å². The van der Waals surface area contributed by atoms with Crippen molar-refractivity contribution < 1.29 is 48.3 Å². The lowest BCUT2D eigenvalue weighted by Crippen LogP contribution is -2.48. The predicted octanol–water partition coefficient (Wildman–Crippen LogP) is 3.92. The summed E-state index contributed by atoms with van der Waals surface area (Å²) in [7, 11) is -4.63. The number of carbonyl (C=O) groups is 1. The summed E-state index contributed by atoms with van der Waals surface area (Å²) in [6.07, 6.45) is -9.83. The second-order valence-electron chi connectivity index (χ2n) is 8.89. The quantitative estimate of drug-likeness (QED) is 0.421. The highest BCUT2D eigenvalue weighted by molar-refractivity contribution is 7.89. The van der Waals surface area contributed by atoms with Gasteiger partial charge in [-0.15, -0.1) is 0 Å². The van der Waals surface area contributed by atoms with Gasteiger partial charge in [0.05, 0.1) is 23.5 Å². The van der Waals surface area contributed by atoms with Gasteiger partial charge in [0.15, 0.2) is 5.03 Å². The van der Waals surface area contributed by atoms with E-state index < -0.39 is 87.3 Å². The molecule has 0 aliphatic carbocycles. The van der Waals surface area contributed by atoms with Crippen LogP contribution in [0.15, 0.2) is 48.0 Å². The molecule has 3 atom stereocenters. The number of hydrogen-bond acceptors (Lipinski definition) is 7. The van der Waals surface area contributed by atoms with Crippen molar-refractivity contribution in [2.24, 2.45) is 0 Å². The minimum Gasteiger partial charge on any atom is -0.351 e. The van der Waals surface area contributed by atoms with E-state index in [4.69, 9.17) is 0 Å². The third-order valence-electron chi connectivity index (χ3n) is 6.17. The number of halogens is 8. The van der Waals surface area contributed by atoms with Crippen LogP contribution in [-0.2, 0) is 33.7 Å². The molecule has 4 rings (SSSR count). The second-order valence-corrected chi connectivity index (χ2v) is 10.7. The van der Waals surface area contributed by atoms with Crippen LogP contribution < -0.4 is 5.32 Å². The van der Waals surface area contributed by atoms with E-state index in [0.29, 0.717) is 29.1 Å². The maximum absolute atomic E-state index is 14.6. The van der Waals surface area contributed by atoms with Crippen LogP contribution in [0.4, 0.5) is 35.1 Å². The van der Waals surface area contributed by atoms with Crippen molar-refractivity contribution in [2.45, 2.75) is 55.5 Å². The van der Waals surface area contributed by atoms with E-state index in [1.165, 1.54) is 6.92 Å². The average Bonchev–Trinajstić information content (AvgIpc) is 3.21. The molecule has 3 aromatic heterocycles. The van der Waals surface area contributed by atoms with E-state index in [0.717, 1.165) is 18.2 Å². The zero-order chi connectivity index (χ0) is 30.3. The lowest BCUT2D eigenvalue weighted by molar-refractivity contribution is -0.145. The number of aromatic nitrogens is 4. The normalized spacial score (nSPS) is 20.3. The summed E-state index contributed by atoms with van der Waals surface area (Å²) in [6.45, 7) is 0.345. The number of carbonyl (C=O) groups excluding carboxylic acids is 1. The molecule has 0 radical (unpaired) electrons. The number of pyridine rings is 2. The fraction of sp³-hybridized carbons (Fsp3) is 0.348. The van der Waals surface area contributed by atoms with Crippen molar-refractivity contribution in [2.75, 3.05) is 0 Å². The van der Waals surface area contributed by atoms with Gasteiger partial charge in [0.25, 0.3) is 10.0 Å². The second kappa shape index (κ2) is 10.9. The minimum atomic E-state index is -4.96. The standard InChI is InChI=1S/C23H18F8N6O3S/c1-11-16(25)5-18(37(11)41(39,40)19-3-2-14(24)9-33-19)20(38)34-6-12-4-17(32-10-15(12)22(26,27)28)13-7-35-21(36-8-13)23(29,30)31/h2-4,7-11,16,18H,5-6H2,1H3,(H,34,38)/t11-,16-,18-/m1/s1. The number of hydrogen-bond donors (Lipinski definition) is 1. The minimum absolute atomic E-state index is 0.159. The first-order valence-corrected chi connectivity index (χ1v) is 13.0. The molecule has 0 spiro atoms. The van der Waals surface area contributed by atoms with Crippen molar-refractivity contribution in [1.29, 1.82) is 0 Å². The highest BCUT2D eigenvalue weighted by atomic mass is 32.2. The van der Waals surface area contributed by atoms with Crippen LogP contribution in [0.5, 0.6) is 0 Å². The molecular formula is C23H18F8N6O3S. The number of rotatable bonds is 6. The van der Waals surface area contributed by atoms with E-state index in [2.05, 4.69) is 25.3 Å². The highest BCUT2D eigenvalue weighted by Gasteiger charge is 2.49. The Bertz CT molecular complexity index is 1530. The van der Waals surface area contributed by atoms with Gasteiger partial charge in [-0.05, 0) is 30.7 Å². The summed E-state index contributed by atoms with van der Waals surface area (Å²) in [4.78, 5) is 26.4. The Morgan fingerprint density at radius 1 is 1.00 bits per heavy atom. The maximum Gasteiger partial charge on any atom is 0.451 e. The first kappa shape index (κ1) is 30.2. The lowest BCUT2D eigenvalue weighted by Gasteiger charge is -2.26. The summed E-state index contributed by atoms with van der Waals surface area (Å²) in [6, 6.07) is -0.584.